The SMILES string of the molecule is CCOC(=O)C1=C(C)NC2=C(C(=O)CCC2)[C@@H]1c1ccc(OCc2ccc(Cl)cc2)c([N+](=O)[O-])c1. The van der Waals surface area contributed by atoms with Crippen molar-refractivity contribution in [1.29, 1.82) is 0 Å². The molecular formula is C26H25ClN2O6. The highest BCUT2D eigenvalue weighted by atomic mass is 35.5. The van der Waals surface area contributed by atoms with Gasteiger partial charge in [0.05, 0.1) is 17.1 Å². The summed E-state index contributed by atoms with van der Waals surface area (Å²) < 4.78 is 11.0. The van der Waals surface area contributed by atoms with Crippen molar-refractivity contribution in [2.24, 2.45) is 0 Å². The Hall–Kier alpha value is -3.65. The van der Waals surface area contributed by atoms with Gasteiger partial charge in [-0.15, -0.1) is 0 Å². The number of nitro benzene ring substituents is 1. The minimum Gasteiger partial charge on any atom is -0.482 e. The molecule has 8 nitrogen and oxygen atoms in total. The molecule has 1 atom stereocenters. The van der Waals surface area contributed by atoms with Crippen molar-refractivity contribution < 1.29 is 24.0 Å². The van der Waals surface area contributed by atoms with Gasteiger partial charge >= 0.3 is 11.7 Å². The maximum absolute atomic E-state index is 13.0. The van der Waals surface area contributed by atoms with E-state index in [-0.39, 0.29) is 36.0 Å². The molecule has 0 spiro atoms. The number of rotatable bonds is 7. The van der Waals surface area contributed by atoms with Crippen molar-refractivity contribution in [2.45, 2.75) is 45.6 Å². The number of nitrogens with zero attached hydrogens (tertiary/aromatic N) is 1. The molecule has 0 amide bonds. The van der Waals surface area contributed by atoms with E-state index in [9.17, 15) is 19.7 Å². The second-order valence-corrected chi connectivity index (χ2v) is 8.82. The second-order valence-electron chi connectivity index (χ2n) is 8.39. The number of halogens is 1. The Morgan fingerprint density at radius 1 is 1.20 bits per heavy atom. The van der Waals surface area contributed by atoms with Crippen LogP contribution in [0.5, 0.6) is 5.75 Å². The summed E-state index contributed by atoms with van der Waals surface area (Å²) in [5.41, 5.74) is 3.09. The van der Waals surface area contributed by atoms with Crippen LogP contribution in [0.1, 0.15) is 50.2 Å². The lowest BCUT2D eigenvalue weighted by atomic mass is 9.75. The predicted octanol–water partition coefficient (Wildman–Crippen LogP) is 5.36. The number of esters is 1. The van der Waals surface area contributed by atoms with Gasteiger partial charge in [0.2, 0.25) is 0 Å². The van der Waals surface area contributed by atoms with Gasteiger partial charge in [-0.25, -0.2) is 4.79 Å². The lowest BCUT2D eigenvalue weighted by molar-refractivity contribution is -0.386. The summed E-state index contributed by atoms with van der Waals surface area (Å²) >= 11 is 5.91. The van der Waals surface area contributed by atoms with Gasteiger partial charge in [-0.2, -0.15) is 0 Å². The molecule has 1 heterocycles. The lowest BCUT2D eigenvalue weighted by Gasteiger charge is -2.34. The Morgan fingerprint density at radius 2 is 1.94 bits per heavy atom. The minimum absolute atomic E-state index is 0.0798. The summed E-state index contributed by atoms with van der Waals surface area (Å²) in [6, 6.07) is 11.5. The van der Waals surface area contributed by atoms with Crippen LogP contribution in [0, 0.1) is 10.1 Å². The average molecular weight is 497 g/mol. The number of nitro groups is 1. The molecule has 2 aromatic rings. The number of ether oxygens (including phenoxy) is 2. The molecule has 4 rings (SSSR count). The summed E-state index contributed by atoms with van der Waals surface area (Å²) in [6.45, 7) is 3.73. The first-order valence-electron chi connectivity index (χ1n) is 11.4. The number of allylic oxidation sites excluding steroid dienone is 3. The molecule has 182 valence electrons. The van der Waals surface area contributed by atoms with Gasteiger partial charge in [0.25, 0.3) is 0 Å². The van der Waals surface area contributed by atoms with Crippen LogP contribution in [0.2, 0.25) is 5.02 Å². The molecule has 2 aliphatic rings. The molecule has 0 aromatic heterocycles. The third-order valence-electron chi connectivity index (χ3n) is 6.09. The van der Waals surface area contributed by atoms with Crippen molar-refractivity contribution in [2.75, 3.05) is 6.61 Å². The number of Topliss-reactive ketones (excluding diaryl/α,β-unsaturated/α-hetero) is 1. The van der Waals surface area contributed by atoms with Crippen LogP contribution in [0.15, 0.2) is 65.0 Å². The Morgan fingerprint density at radius 3 is 2.63 bits per heavy atom. The zero-order chi connectivity index (χ0) is 25.1. The zero-order valence-corrected chi connectivity index (χ0v) is 20.2. The highest BCUT2D eigenvalue weighted by Crippen LogP contribution is 2.44. The van der Waals surface area contributed by atoms with Crippen molar-refractivity contribution in [3.8, 4) is 5.75 Å². The smallest absolute Gasteiger partial charge is 0.336 e. The summed E-state index contributed by atoms with van der Waals surface area (Å²) in [5, 5.41) is 15.7. The lowest BCUT2D eigenvalue weighted by Crippen LogP contribution is -2.34. The van der Waals surface area contributed by atoms with Crippen molar-refractivity contribution in [1.82, 2.24) is 5.32 Å². The van der Waals surface area contributed by atoms with E-state index in [1.807, 2.05) is 0 Å². The molecule has 0 bridgehead atoms. The quantitative estimate of drug-likeness (QED) is 0.312. The Labute approximate surface area is 207 Å². The van der Waals surface area contributed by atoms with E-state index < -0.39 is 16.8 Å². The first-order chi connectivity index (χ1) is 16.8. The number of nitrogens with one attached hydrogen (secondary N) is 1. The molecule has 1 aliphatic heterocycles. The van der Waals surface area contributed by atoms with Crippen molar-refractivity contribution in [3.05, 3.63) is 91.3 Å². The largest absolute Gasteiger partial charge is 0.482 e. The van der Waals surface area contributed by atoms with Gasteiger partial charge < -0.3 is 14.8 Å². The summed E-state index contributed by atoms with van der Waals surface area (Å²) in [5.74, 6) is -1.31. The third-order valence-corrected chi connectivity index (χ3v) is 6.34. The highest BCUT2D eigenvalue weighted by Gasteiger charge is 2.39. The molecule has 0 saturated carbocycles. The van der Waals surface area contributed by atoms with Crippen LogP contribution in [-0.4, -0.2) is 23.3 Å². The number of hydrogen-bond donors (Lipinski definition) is 1. The molecule has 2 aromatic carbocycles. The first-order valence-corrected chi connectivity index (χ1v) is 11.7. The van der Waals surface area contributed by atoms with E-state index >= 15 is 0 Å². The summed E-state index contributed by atoms with van der Waals surface area (Å²) in [4.78, 5) is 37.3. The van der Waals surface area contributed by atoms with Crippen LogP contribution in [0.4, 0.5) is 5.69 Å². The Kier molecular flexibility index (Phi) is 7.21. The Bertz CT molecular complexity index is 1250. The first kappa shape index (κ1) is 24.5. The fraction of sp³-hybridized carbons (Fsp3) is 0.308. The van der Waals surface area contributed by atoms with Crippen LogP contribution >= 0.6 is 11.6 Å². The van der Waals surface area contributed by atoms with Crippen LogP contribution in [-0.2, 0) is 20.9 Å². The number of dihydropyridines is 1. The van der Waals surface area contributed by atoms with E-state index in [1.54, 1.807) is 44.2 Å². The fourth-order valence-electron chi connectivity index (χ4n) is 4.52. The molecule has 0 radical (unpaired) electrons. The second kappa shape index (κ2) is 10.3. The van der Waals surface area contributed by atoms with Crippen molar-refractivity contribution >= 4 is 29.0 Å². The Balaban J connectivity index is 1.75. The number of ketones is 1. The fourth-order valence-corrected chi connectivity index (χ4v) is 4.64. The van der Waals surface area contributed by atoms with Gasteiger partial charge in [0, 0.05) is 40.4 Å². The monoisotopic (exact) mass is 496 g/mol. The molecule has 0 saturated heterocycles. The standard InChI is InChI=1S/C26H25ClN2O6/c1-3-34-26(31)23-15(2)28-19-5-4-6-21(30)25(19)24(23)17-9-12-22(20(13-17)29(32)33)35-14-16-7-10-18(27)11-8-16/h7-13,24,28H,3-6,14H2,1-2H3/t24-/m1/s1. The average Bonchev–Trinajstić information content (AvgIpc) is 2.83. The topological polar surface area (TPSA) is 108 Å². The van der Waals surface area contributed by atoms with E-state index in [4.69, 9.17) is 21.1 Å². The van der Waals surface area contributed by atoms with Crippen molar-refractivity contribution in [3.63, 3.8) is 0 Å². The van der Waals surface area contributed by atoms with Gasteiger partial charge in [-0.05, 0) is 56.0 Å². The van der Waals surface area contributed by atoms with E-state index in [0.717, 1.165) is 11.3 Å². The predicted molar refractivity (Wildman–Crippen MR) is 130 cm³/mol. The van der Waals surface area contributed by atoms with Crippen LogP contribution in [0.3, 0.4) is 0 Å². The van der Waals surface area contributed by atoms with Gasteiger partial charge in [-0.1, -0.05) is 29.8 Å². The normalized spacial score (nSPS) is 17.6. The minimum atomic E-state index is -0.762. The maximum atomic E-state index is 13.0. The number of carbonyl (C=O) groups excluding carboxylic acids is 2. The number of carbonyl (C=O) groups is 2. The molecule has 0 fully saturated rings. The molecular weight excluding hydrogens is 472 g/mol. The summed E-state index contributed by atoms with van der Waals surface area (Å²) in [6.07, 6.45) is 1.73. The van der Waals surface area contributed by atoms with E-state index in [2.05, 4.69) is 5.32 Å². The van der Waals surface area contributed by atoms with Gasteiger partial charge in [0.15, 0.2) is 11.5 Å². The van der Waals surface area contributed by atoms with E-state index in [1.165, 1.54) is 12.1 Å². The molecule has 1 N–H and O–H groups in total. The summed E-state index contributed by atoms with van der Waals surface area (Å²) in [7, 11) is 0. The zero-order valence-electron chi connectivity index (χ0n) is 19.4. The third kappa shape index (κ3) is 5.07. The maximum Gasteiger partial charge on any atom is 0.336 e. The molecule has 35 heavy (non-hydrogen) atoms. The molecule has 0 unspecified atom stereocenters. The van der Waals surface area contributed by atoms with E-state index in [0.29, 0.717) is 41.1 Å². The molecule has 9 heteroatoms. The molecule has 1 aliphatic carbocycles. The number of benzene rings is 2. The van der Waals surface area contributed by atoms with Crippen LogP contribution < -0.4 is 10.1 Å². The van der Waals surface area contributed by atoms with Gasteiger partial charge in [0.1, 0.15) is 6.61 Å². The highest BCUT2D eigenvalue weighted by molar-refractivity contribution is 6.30. The van der Waals surface area contributed by atoms with Crippen LogP contribution in [0.25, 0.3) is 0 Å². The number of hydrogen-bond acceptors (Lipinski definition) is 7. The van der Waals surface area contributed by atoms with Gasteiger partial charge in [-0.3, -0.25) is 14.9 Å².